The Bertz CT molecular complexity index is 360. The Morgan fingerprint density at radius 3 is 3.00 bits per heavy atom. The molecular weight excluding hydrogens is 188 g/mol. The zero-order chi connectivity index (χ0) is 9.42. The van der Waals surface area contributed by atoms with Crippen molar-refractivity contribution in [1.29, 1.82) is 0 Å². The molecule has 0 heterocycles. The van der Waals surface area contributed by atoms with Crippen LogP contribution in [-0.2, 0) is 6.42 Å². The molecule has 3 heteroatoms. The van der Waals surface area contributed by atoms with Crippen molar-refractivity contribution < 1.29 is 9.90 Å². The number of Topliss-reactive ketones (excluding diaryl/α,β-unsaturated/α-hetero) is 1. The first-order valence-electron chi connectivity index (χ1n) is 4.16. The number of carbonyl (C=O) groups is 1. The first-order valence-corrected chi connectivity index (χ1v) is 4.53. The minimum atomic E-state index is -0.256. The van der Waals surface area contributed by atoms with Crippen LogP contribution in [0.25, 0.3) is 0 Å². The topological polar surface area (TPSA) is 37.3 Å². The van der Waals surface area contributed by atoms with Crippen LogP contribution in [0.15, 0.2) is 18.2 Å². The van der Waals surface area contributed by atoms with Gasteiger partial charge in [-0.1, -0.05) is 11.6 Å². The minimum absolute atomic E-state index is 0.0363. The van der Waals surface area contributed by atoms with Gasteiger partial charge in [0.1, 0.15) is 0 Å². The Balaban J connectivity index is 2.44. The van der Waals surface area contributed by atoms with Gasteiger partial charge in [0.05, 0.1) is 6.61 Å². The third kappa shape index (κ3) is 1.36. The third-order valence-electron chi connectivity index (χ3n) is 2.39. The summed E-state index contributed by atoms with van der Waals surface area (Å²) < 4.78 is 0. The summed E-state index contributed by atoms with van der Waals surface area (Å²) in [5, 5.41) is 9.57. The molecule has 0 saturated heterocycles. The average molecular weight is 197 g/mol. The molecule has 0 aliphatic heterocycles. The van der Waals surface area contributed by atoms with Crippen LogP contribution in [0.4, 0.5) is 0 Å². The summed E-state index contributed by atoms with van der Waals surface area (Å²) in [6.07, 6.45) is 0.616. The molecule has 2 nitrogen and oxygen atoms in total. The highest BCUT2D eigenvalue weighted by Gasteiger charge is 2.29. The van der Waals surface area contributed by atoms with Crippen LogP contribution in [-0.4, -0.2) is 17.5 Å². The van der Waals surface area contributed by atoms with E-state index in [9.17, 15) is 4.79 Å². The fourth-order valence-corrected chi connectivity index (χ4v) is 1.89. The third-order valence-corrected chi connectivity index (χ3v) is 2.63. The highest BCUT2D eigenvalue weighted by molar-refractivity contribution is 6.30. The van der Waals surface area contributed by atoms with Gasteiger partial charge in [0.15, 0.2) is 5.78 Å². The molecule has 0 aromatic heterocycles. The quantitative estimate of drug-likeness (QED) is 0.742. The van der Waals surface area contributed by atoms with E-state index in [0.29, 0.717) is 17.0 Å². The summed E-state index contributed by atoms with van der Waals surface area (Å²) in [6.45, 7) is -0.0782. The van der Waals surface area contributed by atoms with Gasteiger partial charge in [-0.05, 0) is 30.2 Å². The fraction of sp³-hybridized carbons (Fsp3) is 0.300. The van der Waals surface area contributed by atoms with E-state index in [2.05, 4.69) is 0 Å². The van der Waals surface area contributed by atoms with E-state index in [1.807, 2.05) is 0 Å². The highest BCUT2D eigenvalue weighted by atomic mass is 35.5. The summed E-state index contributed by atoms with van der Waals surface area (Å²) >= 11 is 5.79. The molecule has 0 bridgehead atoms. The largest absolute Gasteiger partial charge is 0.396 e. The molecule has 0 amide bonds. The average Bonchev–Trinajstić information content (AvgIpc) is 2.42. The van der Waals surface area contributed by atoms with Gasteiger partial charge >= 0.3 is 0 Å². The van der Waals surface area contributed by atoms with Gasteiger partial charge in [-0.2, -0.15) is 0 Å². The number of ketones is 1. The van der Waals surface area contributed by atoms with Crippen LogP contribution in [0.1, 0.15) is 15.9 Å². The van der Waals surface area contributed by atoms with Gasteiger partial charge in [-0.15, -0.1) is 0 Å². The molecule has 2 rings (SSSR count). The first kappa shape index (κ1) is 8.73. The van der Waals surface area contributed by atoms with Crippen LogP contribution in [0.2, 0.25) is 5.02 Å². The zero-order valence-corrected chi connectivity index (χ0v) is 7.71. The van der Waals surface area contributed by atoms with Crippen molar-refractivity contribution in [2.75, 3.05) is 6.61 Å². The normalized spacial score (nSPS) is 20.5. The zero-order valence-electron chi connectivity index (χ0n) is 6.96. The van der Waals surface area contributed by atoms with Crippen molar-refractivity contribution in [3.8, 4) is 0 Å². The second-order valence-electron chi connectivity index (χ2n) is 3.25. The van der Waals surface area contributed by atoms with E-state index in [0.717, 1.165) is 5.56 Å². The number of benzene rings is 1. The van der Waals surface area contributed by atoms with Crippen LogP contribution < -0.4 is 0 Å². The maximum atomic E-state index is 11.5. The SMILES string of the molecule is O=C1c2ccc(Cl)cc2CC1CO. The number of carbonyl (C=O) groups excluding carboxylic acids is 1. The number of rotatable bonds is 1. The Hall–Kier alpha value is -0.860. The van der Waals surface area contributed by atoms with E-state index in [1.165, 1.54) is 0 Å². The van der Waals surface area contributed by atoms with Crippen LogP contribution in [0.5, 0.6) is 0 Å². The molecule has 1 atom stereocenters. The van der Waals surface area contributed by atoms with Gasteiger partial charge in [0.2, 0.25) is 0 Å². The van der Waals surface area contributed by atoms with Crippen molar-refractivity contribution in [3.05, 3.63) is 34.3 Å². The van der Waals surface area contributed by atoms with Crippen molar-refractivity contribution in [3.63, 3.8) is 0 Å². The van der Waals surface area contributed by atoms with Gasteiger partial charge in [0.25, 0.3) is 0 Å². The van der Waals surface area contributed by atoms with E-state index in [4.69, 9.17) is 16.7 Å². The van der Waals surface area contributed by atoms with E-state index in [-0.39, 0.29) is 18.3 Å². The van der Waals surface area contributed by atoms with Crippen LogP contribution in [0, 0.1) is 5.92 Å². The second kappa shape index (κ2) is 3.13. The van der Waals surface area contributed by atoms with Gasteiger partial charge in [-0.3, -0.25) is 4.79 Å². The molecule has 0 fully saturated rings. The lowest BCUT2D eigenvalue weighted by molar-refractivity contribution is 0.0883. The Morgan fingerprint density at radius 2 is 2.31 bits per heavy atom. The molecule has 1 unspecified atom stereocenters. The summed E-state index contributed by atoms with van der Waals surface area (Å²) in [5.74, 6) is -0.220. The lowest BCUT2D eigenvalue weighted by Crippen LogP contribution is -2.12. The van der Waals surface area contributed by atoms with Crippen molar-refractivity contribution >= 4 is 17.4 Å². The summed E-state index contributed by atoms with van der Waals surface area (Å²) in [5.41, 5.74) is 1.67. The van der Waals surface area contributed by atoms with E-state index < -0.39 is 0 Å². The summed E-state index contributed by atoms with van der Waals surface area (Å²) in [4.78, 5) is 11.5. The Kier molecular flexibility index (Phi) is 2.10. The highest BCUT2D eigenvalue weighted by Crippen LogP contribution is 2.28. The molecule has 13 heavy (non-hydrogen) atoms. The predicted molar refractivity (Wildman–Crippen MR) is 50.1 cm³/mol. The predicted octanol–water partition coefficient (Wildman–Crippen LogP) is 1.69. The standard InChI is InChI=1S/C10H9ClO2/c11-8-1-2-9-6(4-8)3-7(5-12)10(9)13/h1-2,4,7,12H,3,5H2. The molecule has 1 aromatic carbocycles. The maximum Gasteiger partial charge on any atom is 0.168 e. The number of aliphatic hydroxyl groups is 1. The number of hydrogen-bond acceptors (Lipinski definition) is 2. The molecule has 0 spiro atoms. The van der Waals surface area contributed by atoms with E-state index >= 15 is 0 Å². The number of fused-ring (bicyclic) bond motifs is 1. The van der Waals surface area contributed by atoms with E-state index in [1.54, 1.807) is 18.2 Å². The number of aliphatic hydroxyl groups excluding tert-OH is 1. The summed E-state index contributed by atoms with van der Waals surface area (Å²) in [7, 11) is 0. The molecule has 0 saturated carbocycles. The lowest BCUT2D eigenvalue weighted by Gasteiger charge is -1.99. The van der Waals surface area contributed by atoms with Crippen molar-refractivity contribution in [1.82, 2.24) is 0 Å². The van der Waals surface area contributed by atoms with Crippen LogP contribution >= 0.6 is 11.6 Å². The molecule has 68 valence electrons. The maximum absolute atomic E-state index is 11.5. The van der Waals surface area contributed by atoms with Gasteiger partial charge in [-0.25, -0.2) is 0 Å². The number of hydrogen-bond donors (Lipinski definition) is 1. The molecule has 1 N–H and O–H groups in total. The molecule has 0 radical (unpaired) electrons. The van der Waals surface area contributed by atoms with Gasteiger partial charge < -0.3 is 5.11 Å². The minimum Gasteiger partial charge on any atom is -0.396 e. The second-order valence-corrected chi connectivity index (χ2v) is 3.69. The van der Waals surface area contributed by atoms with Crippen LogP contribution in [0.3, 0.4) is 0 Å². The smallest absolute Gasteiger partial charge is 0.168 e. The summed E-state index contributed by atoms with van der Waals surface area (Å²) in [6, 6.07) is 5.23. The molecule has 1 aromatic rings. The molecule has 1 aliphatic rings. The molecule has 1 aliphatic carbocycles. The number of halogens is 1. The van der Waals surface area contributed by atoms with Crippen molar-refractivity contribution in [2.24, 2.45) is 5.92 Å². The molecular formula is C10H9ClO2. The first-order chi connectivity index (χ1) is 6.22. The van der Waals surface area contributed by atoms with Crippen molar-refractivity contribution in [2.45, 2.75) is 6.42 Å². The Labute approximate surface area is 81.1 Å². The Morgan fingerprint density at radius 1 is 1.54 bits per heavy atom. The monoisotopic (exact) mass is 196 g/mol. The van der Waals surface area contributed by atoms with Gasteiger partial charge in [0, 0.05) is 16.5 Å². The fourth-order valence-electron chi connectivity index (χ4n) is 1.70. The lowest BCUT2D eigenvalue weighted by atomic mass is 10.1.